The average molecular weight is 319 g/mol. The highest BCUT2D eigenvalue weighted by molar-refractivity contribution is 5.49. The molecule has 9 heteroatoms. The fourth-order valence-corrected chi connectivity index (χ4v) is 2.57. The van der Waals surface area contributed by atoms with Crippen molar-refractivity contribution in [2.75, 3.05) is 33.3 Å². The summed E-state index contributed by atoms with van der Waals surface area (Å²) in [5, 5.41) is 14.0. The minimum absolute atomic E-state index is 0.0602. The van der Waals surface area contributed by atoms with Gasteiger partial charge in [-0.2, -0.15) is 13.2 Å². The topological polar surface area (TPSA) is 67.6 Å². The molecule has 1 atom stereocenters. The van der Waals surface area contributed by atoms with Gasteiger partial charge < -0.3 is 10.1 Å². The Bertz CT molecular complexity index is 545. The molecule has 1 aliphatic rings. The number of alkyl halides is 3. The first-order valence-electron chi connectivity index (χ1n) is 6.68. The quantitative estimate of drug-likeness (QED) is 0.680. The molecule has 0 bridgehead atoms. The molecule has 122 valence electrons. The number of piperazine rings is 1. The van der Waals surface area contributed by atoms with Gasteiger partial charge in [-0.25, -0.2) is 0 Å². The molecule has 0 unspecified atom stereocenters. The number of nitrogens with zero attached hydrogens (tertiary/aromatic N) is 2. The zero-order valence-electron chi connectivity index (χ0n) is 11.9. The number of hydrogen-bond acceptors (Lipinski definition) is 5. The van der Waals surface area contributed by atoms with Gasteiger partial charge in [0, 0.05) is 32.2 Å². The number of hydrogen-bond donors (Lipinski definition) is 1. The van der Waals surface area contributed by atoms with Crippen LogP contribution in [0, 0.1) is 10.1 Å². The highest BCUT2D eigenvalue weighted by Crippen LogP contribution is 2.40. The van der Waals surface area contributed by atoms with E-state index in [1.807, 2.05) is 0 Å². The van der Waals surface area contributed by atoms with E-state index in [0.29, 0.717) is 13.1 Å². The van der Waals surface area contributed by atoms with Crippen molar-refractivity contribution in [1.29, 1.82) is 0 Å². The van der Waals surface area contributed by atoms with Crippen LogP contribution in [0.4, 0.5) is 18.9 Å². The van der Waals surface area contributed by atoms with Crippen LogP contribution >= 0.6 is 0 Å². The lowest BCUT2D eigenvalue weighted by molar-refractivity contribution is -0.385. The van der Waals surface area contributed by atoms with Gasteiger partial charge in [0.25, 0.3) is 0 Å². The minimum Gasteiger partial charge on any atom is -0.490 e. The lowest BCUT2D eigenvalue weighted by Gasteiger charge is -2.36. The van der Waals surface area contributed by atoms with E-state index < -0.39 is 22.8 Å². The minimum atomic E-state index is -4.51. The maximum absolute atomic E-state index is 13.4. The van der Waals surface area contributed by atoms with Crippen LogP contribution in [0.15, 0.2) is 18.2 Å². The molecule has 1 saturated heterocycles. The lowest BCUT2D eigenvalue weighted by atomic mass is 10.0. The maximum atomic E-state index is 13.4. The number of nitrogens with one attached hydrogen (secondary N) is 1. The molecule has 1 aromatic rings. The third-order valence-corrected chi connectivity index (χ3v) is 3.54. The fraction of sp³-hybridized carbons (Fsp3) is 0.538. The van der Waals surface area contributed by atoms with Crippen LogP contribution in [0.3, 0.4) is 0 Å². The van der Waals surface area contributed by atoms with Gasteiger partial charge in [0.15, 0.2) is 5.75 Å². The van der Waals surface area contributed by atoms with Crippen LogP contribution in [0.5, 0.6) is 5.75 Å². The summed E-state index contributed by atoms with van der Waals surface area (Å²) in [6.07, 6.45) is -4.51. The van der Waals surface area contributed by atoms with Crippen molar-refractivity contribution in [3.63, 3.8) is 0 Å². The van der Waals surface area contributed by atoms with E-state index in [1.165, 1.54) is 24.1 Å². The zero-order valence-corrected chi connectivity index (χ0v) is 11.9. The van der Waals surface area contributed by atoms with Crippen molar-refractivity contribution in [3.05, 3.63) is 33.9 Å². The Morgan fingerprint density at radius 1 is 1.36 bits per heavy atom. The second-order valence-corrected chi connectivity index (χ2v) is 4.92. The van der Waals surface area contributed by atoms with E-state index in [4.69, 9.17) is 4.74 Å². The van der Waals surface area contributed by atoms with E-state index in [1.54, 1.807) is 0 Å². The molecule has 0 spiro atoms. The smallest absolute Gasteiger partial charge is 0.408 e. The van der Waals surface area contributed by atoms with Gasteiger partial charge >= 0.3 is 11.9 Å². The van der Waals surface area contributed by atoms with Gasteiger partial charge in [-0.05, 0) is 11.6 Å². The Labute approximate surface area is 125 Å². The largest absolute Gasteiger partial charge is 0.490 e. The molecule has 0 saturated carbocycles. The second kappa shape index (κ2) is 6.49. The summed E-state index contributed by atoms with van der Waals surface area (Å²) in [6, 6.07) is 1.51. The third kappa shape index (κ3) is 3.47. The first kappa shape index (κ1) is 16.5. The SMILES string of the molecule is COc1ccc([C@H](N2CCNCC2)C(F)(F)F)cc1[N+](=O)[O-]. The number of benzene rings is 1. The molecule has 1 heterocycles. The molecule has 0 radical (unpaired) electrons. The van der Waals surface area contributed by atoms with Gasteiger partial charge in [-0.15, -0.1) is 0 Å². The second-order valence-electron chi connectivity index (χ2n) is 4.92. The summed E-state index contributed by atoms with van der Waals surface area (Å²) in [6.45, 7) is 1.35. The summed E-state index contributed by atoms with van der Waals surface area (Å²) in [4.78, 5) is 11.5. The molecular formula is C13H16F3N3O3. The van der Waals surface area contributed by atoms with Crippen molar-refractivity contribution < 1.29 is 22.8 Å². The summed E-state index contributed by atoms with van der Waals surface area (Å²) in [5.74, 6) is -0.0602. The summed E-state index contributed by atoms with van der Waals surface area (Å²) in [5.41, 5.74) is -0.619. The van der Waals surface area contributed by atoms with Crippen LogP contribution in [0.2, 0.25) is 0 Å². The van der Waals surface area contributed by atoms with Crippen LogP contribution in [-0.2, 0) is 0 Å². The van der Waals surface area contributed by atoms with Crippen molar-refractivity contribution >= 4 is 5.69 Å². The van der Waals surface area contributed by atoms with E-state index in [0.717, 1.165) is 6.07 Å². The molecule has 1 fully saturated rings. The average Bonchev–Trinajstić information content (AvgIpc) is 2.47. The predicted octanol–water partition coefficient (Wildman–Crippen LogP) is 2.11. The van der Waals surface area contributed by atoms with E-state index in [2.05, 4.69) is 5.32 Å². The number of nitro groups is 1. The summed E-state index contributed by atoms with van der Waals surface area (Å²) < 4.78 is 45.2. The predicted molar refractivity (Wildman–Crippen MR) is 72.9 cm³/mol. The molecule has 1 aromatic carbocycles. The van der Waals surface area contributed by atoms with Crippen LogP contribution in [0.25, 0.3) is 0 Å². The molecule has 0 aromatic heterocycles. The molecule has 6 nitrogen and oxygen atoms in total. The number of rotatable bonds is 4. The number of methoxy groups -OCH3 is 1. The summed E-state index contributed by atoms with van der Waals surface area (Å²) >= 11 is 0. The van der Waals surface area contributed by atoms with Crippen molar-refractivity contribution in [1.82, 2.24) is 10.2 Å². The van der Waals surface area contributed by atoms with E-state index >= 15 is 0 Å². The highest BCUT2D eigenvalue weighted by atomic mass is 19.4. The maximum Gasteiger partial charge on any atom is 0.408 e. The van der Waals surface area contributed by atoms with E-state index in [9.17, 15) is 23.3 Å². The third-order valence-electron chi connectivity index (χ3n) is 3.54. The van der Waals surface area contributed by atoms with E-state index in [-0.39, 0.29) is 24.4 Å². The Morgan fingerprint density at radius 3 is 2.50 bits per heavy atom. The van der Waals surface area contributed by atoms with Crippen molar-refractivity contribution in [2.24, 2.45) is 0 Å². The molecule has 1 N–H and O–H groups in total. The van der Waals surface area contributed by atoms with Crippen LogP contribution < -0.4 is 10.1 Å². The number of ether oxygens (including phenoxy) is 1. The van der Waals surface area contributed by atoms with Gasteiger partial charge in [0.2, 0.25) is 0 Å². The Kier molecular flexibility index (Phi) is 4.87. The Hall–Kier alpha value is -1.87. The molecule has 1 aliphatic heterocycles. The van der Waals surface area contributed by atoms with Crippen LogP contribution in [-0.4, -0.2) is 49.3 Å². The molecular weight excluding hydrogens is 303 g/mol. The number of nitro benzene ring substituents is 1. The molecule has 0 aliphatic carbocycles. The molecule has 22 heavy (non-hydrogen) atoms. The van der Waals surface area contributed by atoms with Gasteiger partial charge in [-0.3, -0.25) is 15.0 Å². The Balaban J connectivity index is 2.43. The number of halogens is 3. The first-order valence-corrected chi connectivity index (χ1v) is 6.68. The fourth-order valence-electron chi connectivity index (χ4n) is 2.57. The van der Waals surface area contributed by atoms with Gasteiger partial charge in [0.05, 0.1) is 12.0 Å². The highest BCUT2D eigenvalue weighted by Gasteiger charge is 2.45. The zero-order chi connectivity index (χ0) is 16.3. The monoisotopic (exact) mass is 319 g/mol. The van der Waals surface area contributed by atoms with Gasteiger partial charge in [0.1, 0.15) is 6.04 Å². The van der Waals surface area contributed by atoms with Gasteiger partial charge in [-0.1, -0.05) is 6.07 Å². The Morgan fingerprint density at radius 2 is 2.00 bits per heavy atom. The van der Waals surface area contributed by atoms with Crippen LogP contribution in [0.1, 0.15) is 11.6 Å². The molecule has 0 amide bonds. The lowest BCUT2D eigenvalue weighted by Crippen LogP contribution is -2.49. The normalized spacial score (nSPS) is 18.0. The molecule has 2 rings (SSSR count). The standard InChI is InChI=1S/C13H16F3N3O3/c1-22-11-3-2-9(8-10(11)19(20)21)12(13(14,15)16)18-6-4-17-5-7-18/h2-3,8,12,17H,4-7H2,1H3/t12-/m0/s1. The van der Waals surface area contributed by atoms with Crippen molar-refractivity contribution in [2.45, 2.75) is 12.2 Å². The first-order chi connectivity index (χ1) is 10.3. The summed E-state index contributed by atoms with van der Waals surface area (Å²) in [7, 11) is 1.24. The van der Waals surface area contributed by atoms with Crippen molar-refractivity contribution in [3.8, 4) is 5.75 Å².